The van der Waals surface area contributed by atoms with Gasteiger partial charge in [0.25, 0.3) is 0 Å². The number of benzene rings is 1. The molecule has 1 amide bonds. The van der Waals surface area contributed by atoms with E-state index in [0.29, 0.717) is 5.46 Å². The Labute approximate surface area is 116 Å². The maximum Gasteiger partial charge on any atom is 0.488 e. The van der Waals surface area contributed by atoms with Gasteiger partial charge in [-0.1, -0.05) is 24.3 Å². The molecular weight excluding hydrogens is 263 g/mol. The van der Waals surface area contributed by atoms with E-state index in [1.165, 1.54) is 19.1 Å². The fourth-order valence-electron chi connectivity index (χ4n) is 1.55. The number of rotatable bonds is 6. The van der Waals surface area contributed by atoms with Crippen molar-refractivity contribution < 1.29 is 24.7 Å². The Balaban J connectivity index is 2.59. The minimum absolute atomic E-state index is 0.222. The van der Waals surface area contributed by atoms with Crippen LogP contribution in [0.3, 0.4) is 0 Å². The van der Waals surface area contributed by atoms with Crippen LogP contribution >= 0.6 is 0 Å². The molecule has 7 nitrogen and oxygen atoms in total. The molecule has 108 valence electrons. The number of hydrogen-bond acceptors (Lipinski definition) is 5. The number of amides is 1. The van der Waals surface area contributed by atoms with E-state index >= 15 is 0 Å². The first-order valence-electron chi connectivity index (χ1n) is 6.05. The van der Waals surface area contributed by atoms with Crippen molar-refractivity contribution in [1.29, 1.82) is 0 Å². The van der Waals surface area contributed by atoms with Crippen LogP contribution in [0.1, 0.15) is 12.5 Å². The third-order valence-corrected chi connectivity index (χ3v) is 2.80. The molecule has 0 aliphatic heterocycles. The van der Waals surface area contributed by atoms with E-state index in [-0.39, 0.29) is 6.42 Å². The molecule has 1 aromatic carbocycles. The fourth-order valence-corrected chi connectivity index (χ4v) is 1.55. The van der Waals surface area contributed by atoms with Crippen molar-refractivity contribution in [2.75, 3.05) is 0 Å². The number of hydrogen-bond donors (Lipinski definition) is 5. The summed E-state index contributed by atoms with van der Waals surface area (Å²) in [4.78, 5) is 22.3. The van der Waals surface area contributed by atoms with Gasteiger partial charge in [-0.3, -0.25) is 9.59 Å². The van der Waals surface area contributed by atoms with Gasteiger partial charge in [0.15, 0.2) is 0 Å². The maximum atomic E-state index is 11.7. The van der Waals surface area contributed by atoms with E-state index in [1.54, 1.807) is 12.1 Å². The van der Waals surface area contributed by atoms with Gasteiger partial charge in [0, 0.05) is 0 Å². The Morgan fingerprint density at radius 1 is 1.30 bits per heavy atom. The molecule has 0 unspecified atom stereocenters. The van der Waals surface area contributed by atoms with Crippen LogP contribution in [-0.2, 0) is 16.0 Å². The van der Waals surface area contributed by atoms with Gasteiger partial charge in [0.1, 0.15) is 6.04 Å². The molecule has 0 radical (unpaired) electrons. The van der Waals surface area contributed by atoms with Gasteiger partial charge < -0.3 is 26.2 Å². The normalized spacial score (nSPS) is 13.4. The molecule has 1 aromatic rings. The second-order valence-corrected chi connectivity index (χ2v) is 4.49. The van der Waals surface area contributed by atoms with Gasteiger partial charge in [-0.2, -0.15) is 0 Å². The van der Waals surface area contributed by atoms with Gasteiger partial charge in [-0.05, 0) is 24.4 Å². The number of nitrogens with two attached hydrogens (primary N) is 1. The van der Waals surface area contributed by atoms with Crippen LogP contribution in [0, 0.1) is 0 Å². The monoisotopic (exact) mass is 280 g/mol. The Morgan fingerprint density at radius 3 is 2.30 bits per heavy atom. The van der Waals surface area contributed by atoms with Crippen molar-refractivity contribution in [3.8, 4) is 0 Å². The van der Waals surface area contributed by atoms with Crippen LogP contribution in [0.5, 0.6) is 0 Å². The van der Waals surface area contributed by atoms with Crippen molar-refractivity contribution in [2.45, 2.75) is 25.4 Å². The molecule has 0 spiro atoms. The summed E-state index contributed by atoms with van der Waals surface area (Å²) >= 11 is 0. The highest BCUT2D eigenvalue weighted by molar-refractivity contribution is 6.58. The summed E-state index contributed by atoms with van der Waals surface area (Å²) in [6.07, 6.45) is 0.222. The molecule has 0 aliphatic carbocycles. The lowest BCUT2D eigenvalue weighted by molar-refractivity contribution is -0.141. The SMILES string of the molecule is C[C@H](NC(=O)[C@@H](N)Cc1ccc(B(O)O)cc1)C(=O)O. The van der Waals surface area contributed by atoms with E-state index in [1.807, 2.05) is 0 Å². The first-order chi connectivity index (χ1) is 9.31. The van der Waals surface area contributed by atoms with Gasteiger partial charge in [-0.25, -0.2) is 0 Å². The minimum Gasteiger partial charge on any atom is -0.480 e. The third kappa shape index (κ3) is 4.65. The third-order valence-electron chi connectivity index (χ3n) is 2.80. The van der Waals surface area contributed by atoms with E-state index in [2.05, 4.69) is 5.32 Å². The number of carbonyl (C=O) groups is 2. The molecule has 0 saturated carbocycles. The van der Waals surface area contributed by atoms with Crippen molar-refractivity contribution in [3.05, 3.63) is 29.8 Å². The molecule has 0 heterocycles. The fraction of sp³-hybridized carbons (Fsp3) is 0.333. The molecule has 20 heavy (non-hydrogen) atoms. The van der Waals surface area contributed by atoms with Crippen molar-refractivity contribution in [3.63, 3.8) is 0 Å². The number of nitrogens with one attached hydrogen (secondary N) is 1. The number of aliphatic carboxylic acids is 1. The zero-order valence-corrected chi connectivity index (χ0v) is 11.0. The predicted octanol–water partition coefficient (Wildman–Crippen LogP) is -2.17. The van der Waals surface area contributed by atoms with Crippen LogP contribution in [-0.4, -0.2) is 46.2 Å². The molecule has 0 saturated heterocycles. The molecule has 1 rings (SSSR count). The zero-order chi connectivity index (χ0) is 15.3. The van der Waals surface area contributed by atoms with Gasteiger partial charge in [0.05, 0.1) is 6.04 Å². The average molecular weight is 280 g/mol. The summed E-state index contributed by atoms with van der Waals surface area (Å²) < 4.78 is 0. The molecule has 8 heteroatoms. The van der Waals surface area contributed by atoms with Crippen LogP contribution < -0.4 is 16.5 Å². The number of carboxylic acids is 1. The quantitative estimate of drug-likeness (QED) is 0.376. The van der Waals surface area contributed by atoms with Crippen LogP contribution in [0.25, 0.3) is 0 Å². The lowest BCUT2D eigenvalue weighted by atomic mass is 9.80. The number of carboxylic acid groups (broad SMARTS) is 1. The van der Waals surface area contributed by atoms with Crippen molar-refractivity contribution >= 4 is 24.5 Å². The molecule has 0 bridgehead atoms. The average Bonchev–Trinajstić information content (AvgIpc) is 2.38. The summed E-state index contributed by atoms with van der Waals surface area (Å²) in [5.74, 6) is -1.68. The first-order valence-corrected chi connectivity index (χ1v) is 6.05. The van der Waals surface area contributed by atoms with E-state index in [9.17, 15) is 9.59 Å². The van der Waals surface area contributed by atoms with Gasteiger partial charge in [-0.15, -0.1) is 0 Å². The molecule has 0 aromatic heterocycles. The second kappa shape index (κ2) is 7.04. The summed E-state index contributed by atoms with van der Waals surface area (Å²) in [5, 5.41) is 28.9. The van der Waals surface area contributed by atoms with Crippen LogP contribution in [0.4, 0.5) is 0 Å². The van der Waals surface area contributed by atoms with Crippen LogP contribution in [0.2, 0.25) is 0 Å². The highest BCUT2D eigenvalue weighted by Crippen LogP contribution is 2.02. The summed E-state index contributed by atoms with van der Waals surface area (Å²) in [6, 6.07) is 4.42. The first kappa shape index (κ1) is 16.2. The zero-order valence-electron chi connectivity index (χ0n) is 11.0. The van der Waals surface area contributed by atoms with E-state index in [4.69, 9.17) is 20.9 Å². The molecule has 0 fully saturated rings. The Morgan fingerprint density at radius 2 is 1.85 bits per heavy atom. The Kier molecular flexibility index (Phi) is 5.69. The second-order valence-electron chi connectivity index (χ2n) is 4.49. The summed E-state index contributed by atoms with van der Waals surface area (Å²) in [5.41, 5.74) is 6.77. The lowest BCUT2D eigenvalue weighted by Gasteiger charge is -2.15. The smallest absolute Gasteiger partial charge is 0.480 e. The minimum atomic E-state index is -1.54. The van der Waals surface area contributed by atoms with Gasteiger partial charge in [0.2, 0.25) is 5.91 Å². The van der Waals surface area contributed by atoms with Crippen molar-refractivity contribution in [2.24, 2.45) is 5.73 Å². The largest absolute Gasteiger partial charge is 0.488 e. The summed E-state index contributed by atoms with van der Waals surface area (Å²) in [6.45, 7) is 1.35. The van der Waals surface area contributed by atoms with Crippen molar-refractivity contribution in [1.82, 2.24) is 5.32 Å². The standard InChI is InChI=1S/C12H17BN2O5/c1-7(12(17)18)15-11(16)10(14)6-8-2-4-9(5-3-8)13(19)20/h2-5,7,10,19-20H,6,14H2,1H3,(H,15,16)(H,17,18)/t7-,10-/m0/s1. The lowest BCUT2D eigenvalue weighted by Crippen LogP contribution is -2.48. The van der Waals surface area contributed by atoms with Crippen LogP contribution in [0.15, 0.2) is 24.3 Å². The maximum absolute atomic E-state index is 11.7. The molecule has 6 N–H and O–H groups in total. The molecule has 0 aliphatic rings. The molecular formula is C12H17BN2O5. The number of carbonyl (C=O) groups excluding carboxylic acids is 1. The topological polar surface area (TPSA) is 133 Å². The Hall–Kier alpha value is -1.90. The van der Waals surface area contributed by atoms with E-state index < -0.39 is 31.1 Å². The highest BCUT2D eigenvalue weighted by atomic mass is 16.4. The predicted molar refractivity (Wildman–Crippen MR) is 73.2 cm³/mol. The van der Waals surface area contributed by atoms with Gasteiger partial charge >= 0.3 is 13.1 Å². The highest BCUT2D eigenvalue weighted by Gasteiger charge is 2.19. The summed E-state index contributed by atoms with van der Waals surface area (Å²) in [7, 11) is -1.54. The molecule has 2 atom stereocenters. The Bertz CT molecular complexity index is 477. The van der Waals surface area contributed by atoms with E-state index in [0.717, 1.165) is 5.56 Å².